The van der Waals surface area contributed by atoms with Crippen LogP contribution in [0.5, 0.6) is 0 Å². The van der Waals surface area contributed by atoms with Crippen LogP contribution in [0.1, 0.15) is 0 Å². The van der Waals surface area contributed by atoms with E-state index in [4.69, 9.17) is 15.0 Å². The van der Waals surface area contributed by atoms with Crippen molar-refractivity contribution in [2.45, 2.75) is 0 Å². The van der Waals surface area contributed by atoms with Gasteiger partial charge in [0.05, 0.1) is 11.2 Å². The fraction of sp³-hybridized carbons (Fsp3) is 0. The first-order chi connectivity index (χ1) is 23.7. The number of benzene rings is 6. The van der Waals surface area contributed by atoms with Gasteiger partial charge in [0.2, 0.25) is 0 Å². The minimum Gasteiger partial charge on any atom is -0.295 e. The molecule has 0 saturated carbocycles. The lowest BCUT2D eigenvalue weighted by atomic mass is 10.1. The summed E-state index contributed by atoms with van der Waals surface area (Å²) in [6.45, 7) is 0. The first-order valence-corrected chi connectivity index (χ1v) is 15.8. The number of pyridine rings is 1. The van der Waals surface area contributed by atoms with Crippen molar-refractivity contribution in [2.75, 3.05) is 0 Å². The van der Waals surface area contributed by atoms with Crippen molar-refractivity contribution in [3.8, 4) is 45.5 Å². The summed E-state index contributed by atoms with van der Waals surface area (Å²) in [6, 6.07) is 54.2. The molecule has 0 amide bonds. The minimum atomic E-state index is -0.0676. The van der Waals surface area contributed by atoms with E-state index in [1.54, 1.807) is 0 Å². The van der Waals surface area contributed by atoms with Crippen LogP contribution in [0.25, 0.3) is 78.2 Å². The molecule has 0 aliphatic heterocycles. The van der Waals surface area contributed by atoms with Gasteiger partial charge < -0.3 is 0 Å². The van der Waals surface area contributed by atoms with Crippen molar-refractivity contribution in [3.05, 3.63) is 174 Å². The van der Waals surface area contributed by atoms with Crippen LogP contribution >= 0.6 is 0 Å². The smallest absolute Gasteiger partial charge is 0.264 e. The van der Waals surface area contributed by atoms with E-state index < -0.39 is 0 Å². The Kier molecular flexibility index (Phi) is 6.50. The third kappa shape index (κ3) is 4.50. The molecule has 6 aromatic carbocycles. The van der Waals surface area contributed by atoms with Gasteiger partial charge in [-0.25, -0.2) is 15.0 Å². The fourth-order valence-corrected chi connectivity index (χ4v) is 6.61. The molecule has 0 fully saturated rings. The number of para-hydroxylation sites is 2. The Morgan fingerprint density at radius 1 is 0.396 bits per heavy atom. The molecule has 0 radical (unpaired) electrons. The maximum Gasteiger partial charge on any atom is 0.264 e. The Hall–Kier alpha value is -6.66. The molecule has 0 spiro atoms. The number of rotatable bonds is 5. The van der Waals surface area contributed by atoms with E-state index in [-0.39, 0.29) is 5.56 Å². The molecule has 3 aromatic heterocycles. The standard InChI is InChI=1S/C42H27N5O/c48-42-34-24-11-10-23-33(34)37-35-25-12-13-26-36(35)46(41(37)47(42)31-20-8-3-9-21-31)32-22-14-19-30(27-32)40-44-38(28-15-4-1-5-16-28)43-39(45-40)29-17-6-2-7-18-29/h1-27H. The average molecular weight is 618 g/mol. The normalized spacial score (nSPS) is 11.4. The van der Waals surface area contributed by atoms with Crippen molar-refractivity contribution >= 4 is 32.7 Å². The van der Waals surface area contributed by atoms with E-state index in [0.717, 1.165) is 55.4 Å². The topological polar surface area (TPSA) is 65.6 Å². The van der Waals surface area contributed by atoms with E-state index in [1.165, 1.54) is 0 Å². The van der Waals surface area contributed by atoms with Crippen molar-refractivity contribution in [1.29, 1.82) is 0 Å². The van der Waals surface area contributed by atoms with Gasteiger partial charge in [-0.15, -0.1) is 0 Å². The Balaban J connectivity index is 1.34. The maximum atomic E-state index is 14.4. The van der Waals surface area contributed by atoms with Crippen LogP contribution in [0.15, 0.2) is 169 Å². The Labute approximate surface area is 275 Å². The van der Waals surface area contributed by atoms with Crippen molar-refractivity contribution in [3.63, 3.8) is 0 Å². The van der Waals surface area contributed by atoms with E-state index in [0.29, 0.717) is 22.9 Å². The second-order valence-corrected chi connectivity index (χ2v) is 11.7. The van der Waals surface area contributed by atoms with E-state index in [9.17, 15) is 4.79 Å². The van der Waals surface area contributed by atoms with Gasteiger partial charge in [0.15, 0.2) is 17.5 Å². The quantitative estimate of drug-likeness (QED) is 0.193. The molecular weight excluding hydrogens is 590 g/mol. The Bertz CT molecular complexity index is 2620. The molecular formula is C42H27N5O. The monoisotopic (exact) mass is 617 g/mol. The summed E-state index contributed by atoms with van der Waals surface area (Å²) in [4.78, 5) is 29.2. The molecule has 6 nitrogen and oxygen atoms in total. The summed E-state index contributed by atoms with van der Waals surface area (Å²) in [5.41, 5.74) is 6.08. The molecule has 226 valence electrons. The molecule has 0 aliphatic rings. The lowest BCUT2D eigenvalue weighted by Crippen LogP contribution is -2.20. The number of hydrogen-bond donors (Lipinski definition) is 0. The van der Waals surface area contributed by atoms with E-state index >= 15 is 0 Å². The molecule has 0 N–H and O–H groups in total. The molecule has 0 bridgehead atoms. The summed E-state index contributed by atoms with van der Waals surface area (Å²) in [5, 5.41) is 3.69. The highest BCUT2D eigenvalue weighted by Crippen LogP contribution is 2.37. The largest absolute Gasteiger partial charge is 0.295 e. The number of fused-ring (bicyclic) bond motifs is 5. The van der Waals surface area contributed by atoms with Crippen molar-refractivity contribution in [2.24, 2.45) is 0 Å². The van der Waals surface area contributed by atoms with Gasteiger partial charge in [0.25, 0.3) is 5.56 Å². The first kappa shape index (κ1) is 27.6. The van der Waals surface area contributed by atoms with Crippen LogP contribution in [0.3, 0.4) is 0 Å². The lowest BCUT2D eigenvalue weighted by molar-refractivity contribution is 0.996. The SMILES string of the molecule is O=c1c2ccccc2c2c3ccccc3n(-c3cccc(-c4nc(-c5ccccc5)nc(-c5ccccc5)n4)c3)c2n1-c1ccccc1. The van der Waals surface area contributed by atoms with Gasteiger partial charge in [-0.1, -0.05) is 127 Å². The number of hydrogen-bond acceptors (Lipinski definition) is 4. The summed E-state index contributed by atoms with van der Waals surface area (Å²) >= 11 is 0. The second-order valence-electron chi connectivity index (χ2n) is 11.7. The fourth-order valence-electron chi connectivity index (χ4n) is 6.61. The summed E-state index contributed by atoms with van der Waals surface area (Å²) < 4.78 is 4.03. The van der Waals surface area contributed by atoms with Crippen LogP contribution in [-0.2, 0) is 0 Å². The van der Waals surface area contributed by atoms with Crippen LogP contribution in [0.4, 0.5) is 0 Å². The van der Waals surface area contributed by atoms with Gasteiger partial charge in [-0.05, 0) is 41.8 Å². The highest BCUT2D eigenvalue weighted by Gasteiger charge is 2.22. The molecule has 0 aliphatic carbocycles. The molecule has 9 rings (SSSR count). The van der Waals surface area contributed by atoms with Gasteiger partial charge in [-0.3, -0.25) is 13.9 Å². The van der Waals surface area contributed by atoms with Crippen LogP contribution < -0.4 is 5.56 Å². The zero-order valence-electron chi connectivity index (χ0n) is 25.7. The predicted molar refractivity (Wildman–Crippen MR) is 194 cm³/mol. The van der Waals surface area contributed by atoms with E-state index in [2.05, 4.69) is 34.9 Å². The molecule has 0 atom stereocenters. The maximum absolute atomic E-state index is 14.4. The van der Waals surface area contributed by atoms with Gasteiger partial charge in [0.1, 0.15) is 5.65 Å². The first-order valence-electron chi connectivity index (χ1n) is 15.8. The van der Waals surface area contributed by atoms with Gasteiger partial charge in [-0.2, -0.15) is 0 Å². The molecule has 3 heterocycles. The van der Waals surface area contributed by atoms with E-state index in [1.807, 2.05) is 138 Å². The lowest BCUT2D eigenvalue weighted by Gasteiger charge is -2.16. The molecule has 9 aromatic rings. The third-order valence-corrected chi connectivity index (χ3v) is 8.77. The molecule has 48 heavy (non-hydrogen) atoms. The van der Waals surface area contributed by atoms with Crippen LogP contribution in [-0.4, -0.2) is 24.1 Å². The average Bonchev–Trinajstić information content (AvgIpc) is 3.51. The molecule has 0 saturated heterocycles. The summed E-state index contributed by atoms with van der Waals surface area (Å²) in [7, 11) is 0. The van der Waals surface area contributed by atoms with Crippen molar-refractivity contribution < 1.29 is 0 Å². The summed E-state index contributed by atoms with van der Waals surface area (Å²) in [5.74, 6) is 1.77. The molecule has 0 unspecified atom stereocenters. The minimum absolute atomic E-state index is 0.0676. The second kappa shape index (κ2) is 11.3. The zero-order valence-corrected chi connectivity index (χ0v) is 25.7. The Morgan fingerprint density at radius 3 is 1.52 bits per heavy atom. The Morgan fingerprint density at radius 2 is 0.875 bits per heavy atom. The van der Waals surface area contributed by atoms with Gasteiger partial charge in [0, 0.05) is 38.5 Å². The predicted octanol–water partition coefficient (Wildman–Crippen LogP) is 9.27. The summed E-state index contributed by atoms with van der Waals surface area (Å²) in [6.07, 6.45) is 0. The third-order valence-electron chi connectivity index (χ3n) is 8.77. The zero-order chi connectivity index (χ0) is 32.0. The molecule has 6 heteroatoms. The van der Waals surface area contributed by atoms with Crippen LogP contribution in [0, 0.1) is 0 Å². The number of nitrogens with zero attached hydrogens (tertiary/aromatic N) is 5. The van der Waals surface area contributed by atoms with Crippen molar-refractivity contribution in [1.82, 2.24) is 24.1 Å². The highest BCUT2D eigenvalue weighted by molar-refractivity contribution is 6.20. The number of aromatic nitrogens is 5. The van der Waals surface area contributed by atoms with Crippen LogP contribution in [0.2, 0.25) is 0 Å². The highest BCUT2D eigenvalue weighted by atomic mass is 16.1. The van der Waals surface area contributed by atoms with Gasteiger partial charge >= 0.3 is 0 Å².